The van der Waals surface area contributed by atoms with Crippen LogP contribution in [0.15, 0.2) is 158 Å². The Balaban J connectivity index is 1.70. The fraction of sp³-hybridized carbons (Fsp3) is 0. The fourth-order valence-corrected chi connectivity index (χ4v) is 6.91. The summed E-state index contributed by atoms with van der Waals surface area (Å²) in [5.41, 5.74) is 8.70. The molecule has 0 heterocycles. The van der Waals surface area contributed by atoms with E-state index in [1.165, 1.54) is 82.0 Å². The second kappa shape index (κ2) is 9.87. The van der Waals surface area contributed by atoms with Crippen LogP contribution in [-0.4, -0.2) is 0 Å². The summed E-state index contributed by atoms with van der Waals surface area (Å²) in [5, 5.41) is 10.00. The van der Waals surface area contributed by atoms with Gasteiger partial charge < -0.3 is 0 Å². The van der Waals surface area contributed by atoms with Crippen LogP contribution in [-0.2, 0) is 0 Å². The molecule has 0 aliphatic heterocycles. The second-order valence-corrected chi connectivity index (χ2v) is 10.8. The molecule has 0 N–H and O–H groups in total. The lowest BCUT2D eigenvalue weighted by Gasteiger charge is -2.23. The zero-order chi connectivity index (χ0) is 28.0. The minimum absolute atomic E-state index is 1.18. The van der Waals surface area contributed by atoms with Crippen molar-refractivity contribution in [3.63, 3.8) is 0 Å². The Morgan fingerprint density at radius 2 is 0.762 bits per heavy atom. The van der Waals surface area contributed by atoms with Crippen LogP contribution in [0.4, 0.5) is 0 Å². The number of benzene rings is 8. The molecule has 0 spiro atoms. The quantitative estimate of drug-likeness (QED) is 0.198. The molecule has 0 amide bonds. The second-order valence-electron chi connectivity index (χ2n) is 10.8. The molecule has 0 atom stereocenters. The van der Waals surface area contributed by atoms with Gasteiger partial charge in [0, 0.05) is 0 Å². The predicted molar refractivity (Wildman–Crippen MR) is 183 cm³/mol. The predicted octanol–water partition coefficient (Wildman–Crippen LogP) is 11.9. The first-order valence-corrected chi connectivity index (χ1v) is 14.5. The lowest BCUT2D eigenvalue weighted by atomic mass is 9.80. The van der Waals surface area contributed by atoms with Crippen LogP contribution in [0.25, 0.3) is 82.5 Å². The van der Waals surface area contributed by atoms with E-state index >= 15 is 0 Å². The molecule has 196 valence electrons. The Kier molecular flexibility index (Phi) is 5.72. The third-order valence-corrected chi connectivity index (χ3v) is 8.62. The first-order chi connectivity index (χ1) is 20.8. The van der Waals surface area contributed by atoms with E-state index < -0.39 is 0 Å². The van der Waals surface area contributed by atoms with Gasteiger partial charge in [-0.2, -0.15) is 0 Å². The van der Waals surface area contributed by atoms with Crippen molar-refractivity contribution >= 4 is 49.2 Å². The van der Waals surface area contributed by atoms with Crippen molar-refractivity contribution in [3.8, 4) is 33.4 Å². The monoisotopic (exact) mass is 532 g/mol. The summed E-state index contributed by atoms with van der Waals surface area (Å²) in [7, 11) is 0. The van der Waals surface area contributed by atoms with Gasteiger partial charge in [-0.25, -0.2) is 0 Å². The third-order valence-electron chi connectivity index (χ3n) is 8.62. The molecule has 8 aromatic carbocycles. The first-order valence-electron chi connectivity index (χ1n) is 14.5. The Labute approximate surface area is 245 Å². The molecule has 0 bridgehead atoms. The molecule has 0 fully saturated rings. The number of hydrogen-bond acceptors (Lipinski definition) is 0. The van der Waals surface area contributed by atoms with E-state index in [1.54, 1.807) is 0 Å². The zero-order valence-corrected chi connectivity index (χ0v) is 23.2. The van der Waals surface area contributed by atoms with Crippen molar-refractivity contribution in [2.75, 3.05) is 0 Å². The maximum absolute atomic E-state index is 4.23. The van der Waals surface area contributed by atoms with Gasteiger partial charge in [-0.15, -0.1) is 0 Å². The van der Waals surface area contributed by atoms with Crippen LogP contribution in [0, 0.1) is 0 Å². The highest BCUT2D eigenvalue weighted by Gasteiger charge is 2.23. The summed E-state index contributed by atoms with van der Waals surface area (Å²) < 4.78 is 0. The highest BCUT2D eigenvalue weighted by Crippen LogP contribution is 2.50. The van der Waals surface area contributed by atoms with Crippen LogP contribution in [0.3, 0.4) is 0 Å². The smallest absolute Gasteiger partial charge is 0.000763 e. The lowest BCUT2D eigenvalue weighted by Crippen LogP contribution is -1.95. The molecule has 0 radical (unpaired) electrons. The standard InChI is InChI=1S/C42H28/c1-2-30-32-20-9-11-22-34(32)41(35-23-12-10-21-33(30)35)42-37-25-14-13-24-36(37)39(29-18-7-4-8-19-29)38-27-15-26-31(40(38)42)28-16-5-3-6-17-28/h2-27H,1H2. The Bertz CT molecular complexity index is 2230. The summed E-state index contributed by atoms with van der Waals surface area (Å²) in [6, 6.07) is 55.1. The summed E-state index contributed by atoms with van der Waals surface area (Å²) in [6.07, 6.45) is 2.01. The average molecular weight is 533 g/mol. The fourth-order valence-electron chi connectivity index (χ4n) is 6.91. The largest absolute Gasteiger partial charge is 0.0984 e. The molecular formula is C42H28. The maximum Gasteiger partial charge on any atom is -0.000763 e. The molecule has 8 rings (SSSR count). The highest BCUT2D eigenvalue weighted by molar-refractivity contribution is 6.30. The van der Waals surface area contributed by atoms with Gasteiger partial charge in [0.05, 0.1) is 0 Å². The SMILES string of the molecule is C=Cc1c2ccccc2c(-c2c3ccccc3c(-c3ccccc3)c3cccc(-c4ccccc4)c23)c2ccccc12. The van der Waals surface area contributed by atoms with Crippen molar-refractivity contribution in [2.45, 2.75) is 0 Å². The molecular weight excluding hydrogens is 504 g/mol. The average Bonchev–Trinajstić information content (AvgIpc) is 3.07. The van der Waals surface area contributed by atoms with Gasteiger partial charge in [0.15, 0.2) is 0 Å². The number of rotatable bonds is 4. The normalized spacial score (nSPS) is 11.4. The maximum atomic E-state index is 4.23. The van der Waals surface area contributed by atoms with E-state index in [2.05, 4.69) is 158 Å². The van der Waals surface area contributed by atoms with Crippen LogP contribution in [0.1, 0.15) is 5.56 Å². The summed E-state index contributed by atoms with van der Waals surface area (Å²) in [6.45, 7) is 4.23. The van der Waals surface area contributed by atoms with Crippen LogP contribution < -0.4 is 0 Å². The summed E-state index contributed by atoms with van der Waals surface area (Å²) in [5.74, 6) is 0. The van der Waals surface area contributed by atoms with Crippen molar-refractivity contribution in [2.24, 2.45) is 0 Å². The zero-order valence-electron chi connectivity index (χ0n) is 23.2. The van der Waals surface area contributed by atoms with Gasteiger partial charge in [0.1, 0.15) is 0 Å². The molecule has 0 saturated carbocycles. The highest BCUT2D eigenvalue weighted by atomic mass is 14.3. The van der Waals surface area contributed by atoms with Crippen LogP contribution in [0.2, 0.25) is 0 Å². The van der Waals surface area contributed by atoms with Gasteiger partial charge in [-0.1, -0.05) is 164 Å². The van der Waals surface area contributed by atoms with Crippen LogP contribution in [0.5, 0.6) is 0 Å². The minimum Gasteiger partial charge on any atom is -0.0984 e. The molecule has 0 aromatic heterocycles. The molecule has 0 aliphatic rings. The van der Waals surface area contributed by atoms with E-state index in [0.717, 1.165) is 0 Å². The van der Waals surface area contributed by atoms with Gasteiger partial charge in [0.25, 0.3) is 0 Å². The van der Waals surface area contributed by atoms with E-state index in [4.69, 9.17) is 0 Å². The van der Waals surface area contributed by atoms with E-state index in [-0.39, 0.29) is 0 Å². The van der Waals surface area contributed by atoms with Crippen molar-refractivity contribution in [1.82, 2.24) is 0 Å². The Morgan fingerprint density at radius 3 is 1.31 bits per heavy atom. The van der Waals surface area contributed by atoms with Crippen molar-refractivity contribution < 1.29 is 0 Å². The van der Waals surface area contributed by atoms with Gasteiger partial charge in [0.2, 0.25) is 0 Å². The lowest BCUT2D eigenvalue weighted by molar-refractivity contribution is 1.64. The molecule has 0 aliphatic carbocycles. The molecule has 0 saturated heterocycles. The Hall–Kier alpha value is -5.46. The number of hydrogen-bond donors (Lipinski definition) is 0. The molecule has 0 heteroatoms. The van der Waals surface area contributed by atoms with Gasteiger partial charge in [-0.3, -0.25) is 0 Å². The van der Waals surface area contributed by atoms with Crippen molar-refractivity contribution in [1.29, 1.82) is 0 Å². The first kappa shape index (κ1) is 24.3. The number of fused-ring (bicyclic) bond motifs is 4. The van der Waals surface area contributed by atoms with E-state index in [1.807, 2.05) is 6.08 Å². The van der Waals surface area contributed by atoms with Crippen molar-refractivity contribution in [3.05, 3.63) is 164 Å². The van der Waals surface area contributed by atoms with Crippen LogP contribution >= 0.6 is 0 Å². The summed E-state index contributed by atoms with van der Waals surface area (Å²) in [4.78, 5) is 0. The Morgan fingerprint density at radius 1 is 0.333 bits per heavy atom. The van der Waals surface area contributed by atoms with E-state index in [0.29, 0.717) is 0 Å². The molecule has 8 aromatic rings. The molecule has 0 nitrogen and oxygen atoms in total. The van der Waals surface area contributed by atoms with Gasteiger partial charge in [-0.05, 0) is 82.0 Å². The topological polar surface area (TPSA) is 0 Å². The minimum atomic E-state index is 1.18. The van der Waals surface area contributed by atoms with Gasteiger partial charge >= 0.3 is 0 Å². The summed E-state index contributed by atoms with van der Waals surface area (Å²) >= 11 is 0. The van der Waals surface area contributed by atoms with E-state index in [9.17, 15) is 0 Å². The third kappa shape index (κ3) is 3.62. The molecule has 0 unspecified atom stereocenters. The molecule has 42 heavy (non-hydrogen) atoms.